The molecule has 0 aromatic carbocycles. The Morgan fingerprint density at radius 3 is 2.88 bits per heavy atom. The van der Waals surface area contributed by atoms with Crippen molar-refractivity contribution < 1.29 is 14.6 Å². The molecule has 1 N–H and O–H groups in total. The van der Waals surface area contributed by atoms with Crippen LogP contribution in [-0.2, 0) is 0 Å². The number of hydrogen-bond donors (Lipinski definition) is 1. The van der Waals surface area contributed by atoms with E-state index in [1.807, 2.05) is 0 Å². The number of carbonyl (C=O) groups is 1. The van der Waals surface area contributed by atoms with E-state index in [-0.39, 0.29) is 10.6 Å². The summed E-state index contributed by atoms with van der Waals surface area (Å²) in [6.07, 6.45) is 2.18. The van der Waals surface area contributed by atoms with Gasteiger partial charge in [-0.05, 0) is 12.3 Å². The van der Waals surface area contributed by atoms with Gasteiger partial charge in [0.1, 0.15) is 0 Å². The van der Waals surface area contributed by atoms with Gasteiger partial charge in [0.15, 0.2) is 0 Å². The van der Waals surface area contributed by atoms with Gasteiger partial charge < -0.3 is 9.84 Å². The second-order valence-electron chi connectivity index (χ2n) is 3.84. The molecular formula is C11H14ClNO3. The zero-order valence-corrected chi connectivity index (χ0v) is 9.99. The van der Waals surface area contributed by atoms with Crippen LogP contribution < -0.4 is 4.74 Å². The summed E-state index contributed by atoms with van der Waals surface area (Å²) < 4.78 is 5.33. The molecule has 0 aliphatic heterocycles. The number of halogens is 1. The molecule has 16 heavy (non-hydrogen) atoms. The molecule has 0 radical (unpaired) electrons. The Bertz CT molecular complexity index is 379. The lowest BCUT2D eigenvalue weighted by Gasteiger charge is -2.08. The minimum atomic E-state index is -1.08. The second kappa shape index (κ2) is 5.70. The van der Waals surface area contributed by atoms with Gasteiger partial charge >= 0.3 is 5.97 Å². The topological polar surface area (TPSA) is 59.4 Å². The first kappa shape index (κ1) is 12.8. The Morgan fingerprint density at radius 2 is 2.31 bits per heavy atom. The molecule has 1 aromatic heterocycles. The van der Waals surface area contributed by atoms with Gasteiger partial charge in [-0.1, -0.05) is 25.4 Å². The molecule has 1 aromatic rings. The molecule has 0 aliphatic carbocycles. The molecule has 1 heterocycles. The monoisotopic (exact) mass is 243 g/mol. The Balaban J connectivity index is 2.68. The summed E-state index contributed by atoms with van der Waals surface area (Å²) in [5.74, 6) is -0.255. The fourth-order valence-electron chi connectivity index (χ4n) is 1.06. The van der Waals surface area contributed by atoms with Crippen LogP contribution in [0.3, 0.4) is 0 Å². The Hall–Kier alpha value is -1.29. The van der Waals surface area contributed by atoms with Crippen molar-refractivity contribution in [3.63, 3.8) is 0 Å². The number of nitrogens with zero attached hydrogens (tertiary/aromatic N) is 1. The summed E-state index contributed by atoms with van der Waals surface area (Å²) in [5.41, 5.74) is 0.0104. The van der Waals surface area contributed by atoms with E-state index in [1.165, 1.54) is 12.3 Å². The maximum atomic E-state index is 10.8. The van der Waals surface area contributed by atoms with Gasteiger partial charge in [-0.3, -0.25) is 0 Å². The zero-order valence-electron chi connectivity index (χ0n) is 9.24. The van der Waals surface area contributed by atoms with E-state index < -0.39 is 5.97 Å². The largest absolute Gasteiger partial charge is 0.478 e. The van der Waals surface area contributed by atoms with Crippen molar-refractivity contribution in [3.05, 3.63) is 22.8 Å². The molecule has 0 bridgehead atoms. The number of pyridine rings is 1. The first-order chi connectivity index (χ1) is 7.50. The van der Waals surface area contributed by atoms with E-state index in [0.717, 1.165) is 6.42 Å². The predicted molar refractivity (Wildman–Crippen MR) is 61.2 cm³/mol. The first-order valence-electron chi connectivity index (χ1n) is 5.02. The number of aromatic carboxylic acids is 1. The number of carboxylic acids is 1. The molecule has 0 unspecified atom stereocenters. The van der Waals surface area contributed by atoms with Gasteiger partial charge in [0.2, 0.25) is 5.88 Å². The lowest BCUT2D eigenvalue weighted by Crippen LogP contribution is -2.05. The highest BCUT2D eigenvalue weighted by Crippen LogP contribution is 2.19. The van der Waals surface area contributed by atoms with Crippen molar-refractivity contribution in [1.82, 2.24) is 4.98 Å². The summed E-state index contributed by atoms with van der Waals surface area (Å²) >= 11 is 5.68. The van der Waals surface area contributed by atoms with Crippen LogP contribution in [0.15, 0.2) is 12.3 Å². The fraction of sp³-hybridized carbons (Fsp3) is 0.455. The molecule has 1 rings (SSSR count). The van der Waals surface area contributed by atoms with Crippen LogP contribution in [0.25, 0.3) is 0 Å². The SMILES string of the molecule is CC(C)CCOc1cc(C(=O)O)c(Cl)cn1. The average molecular weight is 244 g/mol. The Kier molecular flexibility index (Phi) is 4.55. The van der Waals surface area contributed by atoms with Gasteiger partial charge in [-0.15, -0.1) is 0 Å². The standard InChI is InChI=1S/C11H14ClNO3/c1-7(2)3-4-16-10-5-8(11(14)15)9(12)6-13-10/h5-7H,3-4H2,1-2H3,(H,14,15). The number of carboxylic acid groups (broad SMARTS) is 1. The average Bonchev–Trinajstić information content (AvgIpc) is 2.19. The number of ether oxygens (including phenoxy) is 1. The molecule has 0 aliphatic rings. The van der Waals surface area contributed by atoms with E-state index >= 15 is 0 Å². The molecule has 88 valence electrons. The van der Waals surface area contributed by atoms with Crippen molar-refractivity contribution in [2.45, 2.75) is 20.3 Å². The molecule has 0 atom stereocenters. The van der Waals surface area contributed by atoms with E-state index in [9.17, 15) is 4.79 Å². The van der Waals surface area contributed by atoms with Gasteiger partial charge in [-0.2, -0.15) is 0 Å². The maximum Gasteiger partial charge on any atom is 0.337 e. The number of aromatic nitrogens is 1. The van der Waals surface area contributed by atoms with Gasteiger partial charge in [0, 0.05) is 6.07 Å². The van der Waals surface area contributed by atoms with Gasteiger partial charge in [0.05, 0.1) is 23.4 Å². The van der Waals surface area contributed by atoms with Gasteiger partial charge in [0.25, 0.3) is 0 Å². The summed E-state index contributed by atoms with van der Waals surface area (Å²) in [7, 11) is 0. The summed E-state index contributed by atoms with van der Waals surface area (Å²) in [5, 5.41) is 8.95. The van der Waals surface area contributed by atoms with E-state index in [4.69, 9.17) is 21.4 Å². The third-order valence-electron chi connectivity index (χ3n) is 2.01. The minimum absolute atomic E-state index is 0.0104. The van der Waals surface area contributed by atoms with Crippen molar-refractivity contribution in [2.75, 3.05) is 6.61 Å². The highest BCUT2D eigenvalue weighted by Gasteiger charge is 2.10. The van der Waals surface area contributed by atoms with E-state index in [2.05, 4.69) is 18.8 Å². The minimum Gasteiger partial charge on any atom is -0.478 e. The summed E-state index contributed by atoms with van der Waals surface area (Å²) in [6, 6.07) is 1.34. The van der Waals surface area contributed by atoms with Crippen molar-refractivity contribution in [3.8, 4) is 5.88 Å². The second-order valence-corrected chi connectivity index (χ2v) is 4.25. The lowest BCUT2D eigenvalue weighted by molar-refractivity contribution is 0.0696. The van der Waals surface area contributed by atoms with E-state index in [1.54, 1.807) is 0 Å². The van der Waals surface area contributed by atoms with Crippen LogP contribution >= 0.6 is 11.6 Å². The van der Waals surface area contributed by atoms with Crippen LogP contribution in [0, 0.1) is 5.92 Å². The lowest BCUT2D eigenvalue weighted by atomic mass is 10.1. The van der Waals surface area contributed by atoms with Crippen LogP contribution in [-0.4, -0.2) is 22.7 Å². The molecule has 5 heteroatoms. The molecule has 0 amide bonds. The summed E-state index contributed by atoms with van der Waals surface area (Å²) in [6.45, 7) is 4.69. The molecular weight excluding hydrogens is 230 g/mol. The van der Waals surface area contributed by atoms with Crippen LogP contribution in [0.2, 0.25) is 5.02 Å². The third-order valence-corrected chi connectivity index (χ3v) is 2.31. The fourth-order valence-corrected chi connectivity index (χ4v) is 1.25. The highest BCUT2D eigenvalue weighted by atomic mass is 35.5. The Morgan fingerprint density at radius 1 is 1.62 bits per heavy atom. The van der Waals surface area contributed by atoms with E-state index in [0.29, 0.717) is 18.4 Å². The smallest absolute Gasteiger partial charge is 0.337 e. The summed E-state index contributed by atoms with van der Waals surface area (Å²) in [4.78, 5) is 14.7. The van der Waals surface area contributed by atoms with Gasteiger partial charge in [-0.25, -0.2) is 9.78 Å². The normalized spacial score (nSPS) is 10.5. The van der Waals surface area contributed by atoms with Crippen molar-refractivity contribution in [2.24, 2.45) is 5.92 Å². The number of hydrogen-bond acceptors (Lipinski definition) is 3. The molecule has 0 saturated heterocycles. The zero-order chi connectivity index (χ0) is 12.1. The quantitative estimate of drug-likeness (QED) is 0.864. The number of rotatable bonds is 5. The van der Waals surface area contributed by atoms with Crippen LogP contribution in [0.1, 0.15) is 30.6 Å². The third kappa shape index (κ3) is 3.70. The molecule has 0 spiro atoms. The Labute approximate surface area is 99.2 Å². The molecule has 4 nitrogen and oxygen atoms in total. The van der Waals surface area contributed by atoms with Crippen molar-refractivity contribution >= 4 is 17.6 Å². The molecule has 0 saturated carbocycles. The predicted octanol–water partition coefficient (Wildman–Crippen LogP) is 2.86. The van der Waals surface area contributed by atoms with Crippen molar-refractivity contribution in [1.29, 1.82) is 0 Å². The van der Waals surface area contributed by atoms with Crippen LogP contribution in [0.4, 0.5) is 0 Å². The first-order valence-corrected chi connectivity index (χ1v) is 5.40. The highest BCUT2D eigenvalue weighted by molar-refractivity contribution is 6.33. The van der Waals surface area contributed by atoms with Crippen LogP contribution in [0.5, 0.6) is 5.88 Å². The maximum absolute atomic E-state index is 10.8. The molecule has 0 fully saturated rings.